The quantitative estimate of drug-likeness (QED) is 0.743. The first-order valence-electron chi connectivity index (χ1n) is 10.6. The van der Waals surface area contributed by atoms with E-state index in [1.165, 1.54) is 0 Å². The summed E-state index contributed by atoms with van der Waals surface area (Å²) in [7, 11) is 0. The van der Waals surface area contributed by atoms with E-state index in [1.807, 2.05) is 52.8 Å². The molecule has 0 saturated carbocycles. The number of carbonyl (C=O) groups excluding carboxylic acids is 2. The molecule has 0 N–H and O–H groups in total. The number of benzene rings is 1. The fraction of sp³-hybridized carbons (Fsp3) is 0.522. The topological polar surface area (TPSA) is 76.9 Å². The summed E-state index contributed by atoms with van der Waals surface area (Å²) in [5, 5.41) is 4.38. The lowest BCUT2D eigenvalue weighted by atomic mass is 10.1. The van der Waals surface area contributed by atoms with Crippen LogP contribution in [0.4, 0.5) is 4.79 Å². The molecule has 2 aromatic rings. The third-order valence-electron chi connectivity index (χ3n) is 4.99. The Labute approximate surface area is 183 Å². The Morgan fingerprint density at radius 1 is 1.03 bits per heavy atom. The number of rotatable bonds is 4. The number of carbonyl (C=O) groups is 2. The molecule has 1 aliphatic heterocycles. The Balaban J connectivity index is 1.56. The number of amides is 2. The summed E-state index contributed by atoms with van der Waals surface area (Å²) in [5.41, 5.74) is 2.01. The average molecular weight is 429 g/mol. The van der Waals surface area contributed by atoms with E-state index in [-0.39, 0.29) is 18.7 Å². The largest absolute Gasteiger partial charge is 0.471 e. The van der Waals surface area contributed by atoms with Crippen molar-refractivity contribution in [2.45, 2.75) is 53.4 Å². The lowest BCUT2D eigenvalue weighted by Crippen LogP contribution is -2.40. The molecule has 2 amide bonds. The predicted octanol–water partition coefficient (Wildman–Crippen LogP) is 3.62. The zero-order valence-electron chi connectivity index (χ0n) is 19.1. The van der Waals surface area contributed by atoms with E-state index in [1.54, 1.807) is 26.7 Å². The third kappa shape index (κ3) is 6.23. The van der Waals surface area contributed by atoms with Crippen molar-refractivity contribution in [3.8, 4) is 5.75 Å². The second-order valence-corrected chi connectivity index (χ2v) is 8.90. The first-order valence-corrected chi connectivity index (χ1v) is 10.6. The van der Waals surface area contributed by atoms with Crippen molar-refractivity contribution >= 4 is 12.0 Å². The summed E-state index contributed by atoms with van der Waals surface area (Å²) in [6.45, 7) is 11.8. The molecule has 1 fully saturated rings. The van der Waals surface area contributed by atoms with Gasteiger partial charge < -0.3 is 19.3 Å². The summed E-state index contributed by atoms with van der Waals surface area (Å²) in [4.78, 5) is 28.6. The molecule has 8 nitrogen and oxygen atoms in total. The number of aryl methyl sites for hydroxylation is 2. The molecule has 0 aliphatic carbocycles. The lowest BCUT2D eigenvalue weighted by Gasteiger charge is -2.26. The predicted molar refractivity (Wildman–Crippen MR) is 117 cm³/mol. The Morgan fingerprint density at radius 3 is 2.48 bits per heavy atom. The molecular weight excluding hydrogens is 396 g/mol. The number of hydrogen-bond donors (Lipinski definition) is 0. The summed E-state index contributed by atoms with van der Waals surface area (Å²) in [6.07, 6.45) is 2.10. The molecule has 1 aromatic heterocycles. The molecule has 1 aromatic carbocycles. The summed E-state index contributed by atoms with van der Waals surface area (Å²) in [6, 6.07) is 7.74. The van der Waals surface area contributed by atoms with Crippen LogP contribution in [0.15, 0.2) is 30.5 Å². The maximum atomic E-state index is 12.9. The third-order valence-corrected chi connectivity index (χ3v) is 4.99. The van der Waals surface area contributed by atoms with Gasteiger partial charge in [0.2, 0.25) is 0 Å². The molecular formula is C23H32N4O4. The van der Waals surface area contributed by atoms with Crippen LogP contribution in [0, 0.1) is 13.8 Å². The van der Waals surface area contributed by atoms with Crippen LogP contribution >= 0.6 is 0 Å². The minimum Gasteiger partial charge on any atom is -0.471 e. The van der Waals surface area contributed by atoms with Gasteiger partial charge in [-0.15, -0.1) is 0 Å². The molecule has 8 heteroatoms. The Morgan fingerprint density at radius 2 is 1.74 bits per heavy atom. The van der Waals surface area contributed by atoms with E-state index in [0.717, 1.165) is 16.9 Å². The molecule has 1 saturated heterocycles. The Hall–Kier alpha value is -3.03. The van der Waals surface area contributed by atoms with Gasteiger partial charge in [-0.25, -0.2) is 9.48 Å². The van der Waals surface area contributed by atoms with E-state index < -0.39 is 5.60 Å². The monoisotopic (exact) mass is 428 g/mol. The lowest BCUT2D eigenvalue weighted by molar-refractivity contribution is 0.0255. The standard InChI is InChI=1S/C23H32N4O4/c1-17-7-8-18(2)20(15-17)30-16-27-12-9-19(24-27)21(28)25-10-6-11-26(14-13-25)22(29)31-23(3,4)5/h7-9,12,15H,6,10-11,13-14,16H2,1-5H3. The van der Waals surface area contributed by atoms with Gasteiger partial charge in [0.1, 0.15) is 11.4 Å². The smallest absolute Gasteiger partial charge is 0.410 e. The number of nitrogens with zero attached hydrogens (tertiary/aromatic N) is 4. The van der Waals surface area contributed by atoms with Crippen LogP contribution in [-0.4, -0.2) is 63.4 Å². The van der Waals surface area contributed by atoms with Crippen molar-refractivity contribution < 1.29 is 19.1 Å². The van der Waals surface area contributed by atoms with Crippen molar-refractivity contribution in [2.24, 2.45) is 0 Å². The van der Waals surface area contributed by atoms with Crippen molar-refractivity contribution in [2.75, 3.05) is 26.2 Å². The van der Waals surface area contributed by atoms with Crippen LogP contribution in [-0.2, 0) is 11.5 Å². The fourth-order valence-electron chi connectivity index (χ4n) is 3.34. The van der Waals surface area contributed by atoms with Gasteiger partial charge in [-0.2, -0.15) is 5.10 Å². The normalized spacial score (nSPS) is 14.9. The van der Waals surface area contributed by atoms with Gasteiger partial charge in [0, 0.05) is 32.4 Å². The number of ether oxygens (including phenoxy) is 2. The number of hydrogen-bond acceptors (Lipinski definition) is 5. The second-order valence-electron chi connectivity index (χ2n) is 8.90. The highest BCUT2D eigenvalue weighted by Crippen LogP contribution is 2.19. The molecule has 31 heavy (non-hydrogen) atoms. The van der Waals surface area contributed by atoms with Crippen molar-refractivity contribution in [3.63, 3.8) is 0 Å². The maximum absolute atomic E-state index is 12.9. The Bertz CT molecular complexity index is 932. The van der Waals surface area contributed by atoms with E-state index >= 15 is 0 Å². The summed E-state index contributed by atoms with van der Waals surface area (Å²) < 4.78 is 12.9. The minimum absolute atomic E-state index is 0.142. The first-order chi connectivity index (χ1) is 14.6. The highest BCUT2D eigenvalue weighted by atomic mass is 16.6. The van der Waals surface area contributed by atoms with Crippen LogP contribution in [0.25, 0.3) is 0 Å². The molecule has 168 valence electrons. The van der Waals surface area contributed by atoms with E-state index in [4.69, 9.17) is 9.47 Å². The van der Waals surface area contributed by atoms with Gasteiger partial charge in [-0.05, 0) is 64.3 Å². The van der Waals surface area contributed by atoms with E-state index in [9.17, 15) is 9.59 Å². The molecule has 0 radical (unpaired) electrons. The van der Waals surface area contributed by atoms with E-state index in [0.29, 0.717) is 38.3 Å². The molecule has 0 unspecified atom stereocenters. The van der Waals surface area contributed by atoms with Gasteiger partial charge >= 0.3 is 6.09 Å². The Kier molecular flexibility index (Phi) is 6.87. The molecule has 0 spiro atoms. The van der Waals surface area contributed by atoms with Gasteiger partial charge in [-0.3, -0.25) is 4.79 Å². The van der Waals surface area contributed by atoms with Crippen molar-refractivity contribution in [1.82, 2.24) is 19.6 Å². The van der Waals surface area contributed by atoms with Gasteiger partial charge in [0.15, 0.2) is 12.4 Å². The molecule has 3 rings (SSSR count). The van der Waals surface area contributed by atoms with Crippen LogP contribution in [0.2, 0.25) is 0 Å². The molecule has 2 heterocycles. The van der Waals surface area contributed by atoms with Gasteiger partial charge in [0.25, 0.3) is 5.91 Å². The minimum atomic E-state index is -0.537. The second kappa shape index (κ2) is 9.41. The van der Waals surface area contributed by atoms with E-state index in [2.05, 4.69) is 5.10 Å². The molecule has 0 bridgehead atoms. The molecule has 0 atom stereocenters. The van der Waals surface area contributed by atoms with Crippen LogP contribution in [0.5, 0.6) is 5.75 Å². The summed E-state index contributed by atoms with van der Waals surface area (Å²) in [5.74, 6) is 0.662. The number of aromatic nitrogens is 2. The highest BCUT2D eigenvalue weighted by Gasteiger charge is 2.27. The van der Waals surface area contributed by atoms with Crippen molar-refractivity contribution in [3.05, 3.63) is 47.3 Å². The summed E-state index contributed by atoms with van der Waals surface area (Å²) >= 11 is 0. The zero-order valence-corrected chi connectivity index (χ0v) is 19.1. The van der Waals surface area contributed by atoms with Crippen LogP contribution in [0.1, 0.15) is 48.8 Å². The first kappa shape index (κ1) is 22.7. The zero-order chi connectivity index (χ0) is 22.6. The van der Waals surface area contributed by atoms with Gasteiger partial charge in [-0.1, -0.05) is 12.1 Å². The average Bonchev–Trinajstić information content (AvgIpc) is 3.02. The van der Waals surface area contributed by atoms with Gasteiger partial charge in [0.05, 0.1) is 0 Å². The molecule has 1 aliphatic rings. The maximum Gasteiger partial charge on any atom is 0.410 e. The SMILES string of the molecule is Cc1ccc(C)c(OCn2ccc(C(=O)N3CCCN(C(=O)OC(C)(C)C)CC3)n2)c1. The van der Waals surface area contributed by atoms with Crippen LogP contribution < -0.4 is 4.74 Å². The fourth-order valence-corrected chi connectivity index (χ4v) is 3.34. The highest BCUT2D eigenvalue weighted by molar-refractivity contribution is 5.92. The van der Waals surface area contributed by atoms with Crippen LogP contribution in [0.3, 0.4) is 0 Å². The van der Waals surface area contributed by atoms with Crippen molar-refractivity contribution in [1.29, 1.82) is 0 Å².